The van der Waals surface area contributed by atoms with Crippen LogP contribution in [0.1, 0.15) is 25.7 Å². The van der Waals surface area contributed by atoms with Crippen LogP contribution in [0.15, 0.2) is 18.5 Å². The molecule has 1 aliphatic carbocycles. The van der Waals surface area contributed by atoms with E-state index in [2.05, 4.69) is 27.7 Å². The summed E-state index contributed by atoms with van der Waals surface area (Å²) in [6.45, 7) is 3.34. The second-order valence-electron chi connectivity index (χ2n) is 6.20. The number of amides is 1. The molecule has 1 aromatic heterocycles. The lowest BCUT2D eigenvalue weighted by molar-refractivity contribution is -0.132. The normalized spacial score (nSPS) is 21.4. The third kappa shape index (κ3) is 3.11. The molecule has 6 nitrogen and oxygen atoms in total. The number of aromatic nitrogens is 2. The van der Waals surface area contributed by atoms with Crippen LogP contribution in [-0.2, 0) is 10.3 Å². The van der Waals surface area contributed by atoms with Crippen LogP contribution in [0.4, 0.5) is 0 Å². The van der Waals surface area contributed by atoms with Crippen LogP contribution in [-0.4, -0.2) is 59.9 Å². The molecule has 3 rings (SSSR count). The zero-order chi connectivity index (χ0) is 14.7. The minimum atomic E-state index is -0.521. The third-order valence-corrected chi connectivity index (χ3v) is 4.72. The van der Waals surface area contributed by atoms with Crippen molar-refractivity contribution < 1.29 is 4.79 Å². The van der Waals surface area contributed by atoms with Gasteiger partial charge in [0.15, 0.2) is 0 Å². The molecule has 0 atom stereocenters. The second-order valence-corrected chi connectivity index (χ2v) is 6.20. The molecule has 1 amide bonds. The van der Waals surface area contributed by atoms with Gasteiger partial charge in [-0.25, -0.2) is 0 Å². The highest BCUT2D eigenvalue weighted by Crippen LogP contribution is 2.27. The van der Waals surface area contributed by atoms with Crippen LogP contribution < -0.4 is 10.6 Å². The van der Waals surface area contributed by atoms with Crippen molar-refractivity contribution >= 4 is 5.91 Å². The summed E-state index contributed by atoms with van der Waals surface area (Å²) < 4.78 is 1.84. The Bertz CT molecular complexity index is 462. The van der Waals surface area contributed by atoms with Gasteiger partial charge in [-0.3, -0.25) is 9.48 Å². The molecular formula is C15H25N5O. The molecule has 1 saturated heterocycles. The number of nitrogens with one attached hydrogen (secondary N) is 2. The summed E-state index contributed by atoms with van der Waals surface area (Å²) in [5.74, 6) is 0.108. The number of rotatable bonds is 6. The van der Waals surface area contributed by atoms with Gasteiger partial charge in [0.25, 0.3) is 0 Å². The van der Waals surface area contributed by atoms with E-state index in [4.69, 9.17) is 0 Å². The zero-order valence-corrected chi connectivity index (χ0v) is 12.7. The lowest BCUT2D eigenvalue weighted by Gasteiger charge is -2.36. The van der Waals surface area contributed by atoms with Gasteiger partial charge in [0.05, 0.1) is 0 Å². The van der Waals surface area contributed by atoms with Gasteiger partial charge in [0, 0.05) is 31.5 Å². The molecule has 2 fully saturated rings. The third-order valence-electron chi connectivity index (χ3n) is 4.72. The van der Waals surface area contributed by atoms with Crippen LogP contribution in [0.2, 0.25) is 0 Å². The van der Waals surface area contributed by atoms with E-state index in [1.807, 2.05) is 16.9 Å². The van der Waals surface area contributed by atoms with Crippen LogP contribution in [0.5, 0.6) is 0 Å². The van der Waals surface area contributed by atoms with Gasteiger partial charge in [0.2, 0.25) is 5.91 Å². The first-order valence-electron chi connectivity index (χ1n) is 7.92. The SMILES string of the molecule is CN(CCNC(=O)C1(n2cccn2)CCNCC1)C1CC1. The minimum Gasteiger partial charge on any atom is -0.353 e. The Morgan fingerprint density at radius 2 is 2.24 bits per heavy atom. The smallest absolute Gasteiger partial charge is 0.248 e. The molecule has 0 unspecified atom stereocenters. The summed E-state index contributed by atoms with van der Waals surface area (Å²) >= 11 is 0. The molecule has 2 aliphatic rings. The number of likely N-dealkylation sites (N-methyl/N-ethyl adjacent to an activating group) is 1. The van der Waals surface area contributed by atoms with Gasteiger partial charge in [-0.2, -0.15) is 5.10 Å². The van der Waals surface area contributed by atoms with E-state index in [-0.39, 0.29) is 5.91 Å². The predicted octanol–water partition coefficient (Wildman–Crippen LogP) is 0.172. The molecule has 1 saturated carbocycles. The van der Waals surface area contributed by atoms with Gasteiger partial charge >= 0.3 is 0 Å². The maximum absolute atomic E-state index is 12.8. The molecule has 2 heterocycles. The second kappa shape index (κ2) is 6.15. The summed E-state index contributed by atoms with van der Waals surface area (Å²) in [6.07, 6.45) is 7.83. The summed E-state index contributed by atoms with van der Waals surface area (Å²) in [5.41, 5.74) is -0.521. The van der Waals surface area contributed by atoms with Crippen molar-refractivity contribution in [2.75, 3.05) is 33.2 Å². The molecular weight excluding hydrogens is 266 g/mol. The van der Waals surface area contributed by atoms with E-state index in [1.165, 1.54) is 12.8 Å². The Morgan fingerprint density at radius 1 is 1.48 bits per heavy atom. The summed E-state index contributed by atoms with van der Waals surface area (Å²) in [4.78, 5) is 15.1. The largest absolute Gasteiger partial charge is 0.353 e. The molecule has 0 bridgehead atoms. The molecule has 0 aromatic carbocycles. The number of piperidine rings is 1. The minimum absolute atomic E-state index is 0.108. The summed E-state index contributed by atoms with van der Waals surface area (Å²) in [7, 11) is 2.14. The highest BCUT2D eigenvalue weighted by atomic mass is 16.2. The summed E-state index contributed by atoms with van der Waals surface area (Å²) in [6, 6.07) is 2.62. The fourth-order valence-corrected chi connectivity index (χ4v) is 3.13. The fraction of sp³-hybridized carbons (Fsp3) is 0.733. The molecule has 1 aliphatic heterocycles. The maximum atomic E-state index is 12.8. The molecule has 116 valence electrons. The highest BCUT2D eigenvalue weighted by Gasteiger charge is 2.41. The maximum Gasteiger partial charge on any atom is 0.248 e. The number of carbonyl (C=O) groups is 1. The topological polar surface area (TPSA) is 62.2 Å². The van der Waals surface area contributed by atoms with Crippen LogP contribution in [0.3, 0.4) is 0 Å². The Hall–Kier alpha value is -1.40. The van der Waals surface area contributed by atoms with Crippen molar-refractivity contribution in [2.45, 2.75) is 37.3 Å². The Balaban J connectivity index is 1.61. The average molecular weight is 291 g/mol. The average Bonchev–Trinajstić information content (AvgIpc) is 3.22. The van der Waals surface area contributed by atoms with Crippen molar-refractivity contribution in [2.24, 2.45) is 0 Å². The van der Waals surface area contributed by atoms with E-state index < -0.39 is 5.54 Å². The molecule has 0 spiro atoms. The van der Waals surface area contributed by atoms with Gasteiger partial charge in [0.1, 0.15) is 5.54 Å². The van der Waals surface area contributed by atoms with Crippen LogP contribution in [0, 0.1) is 0 Å². The number of carbonyl (C=O) groups excluding carboxylic acids is 1. The standard InChI is InChI=1S/C15H25N5O/c1-19(13-3-4-13)12-10-17-14(21)15(5-8-16-9-6-15)20-11-2-7-18-20/h2,7,11,13,16H,3-6,8-10,12H2,1H3,(H,17,21). The summed E-state index contributed by atoms with van der Waals surface area (Å²) in [5, 5.41) is 10.8. The molecule has 21 heavy (non-hydrogen) atoms. The molecule has 0 radical (unpaired) electrons. The van der Waals surface area contributed by atoms with E-state index in [9.17, 15) is 4.79 Å². The monoisotopic (exact) mass is 291 g/mol. The van der Waals surface area contributed by atoms with E-state index in [1.54, 1.807) is 6.20 Å². The number of hydrogen-bond donors (Lipinski definition) is 2. The fourth-order valence-electron chi connectivity index (χ4n) is 3.13. The number of nitrogens with zero attached hydrogens (tertiary/aromatic N) is 3. The van der Waals surface area contributed by atoms with Crippen LogP contribution in [0.25, 0.3) is 0 Å². The van der Waals surface area contributed by atoms with E-state index in [0.29, 0.717) is 6.54 Å². The van der Waals surface area contributed by atoms with Gasteiger partial charge in [-0.1, -0.05) is 0 Å². The first-order chi connectivity index (χ1) is 10.2. The van der Waals surface area contributed by atoms with Gasteiger partial charge < -0.3 is 15.5 Å². The Labute approximate surface area is 125 Å². The highest BCUT2D eigenvalue weighted by molar-refractivity contribution is 5.84. The Morgan fingerprint density at radius 3 is 2.86 bits per heavy atom. The first kappa shape index (κ1) is 14.5. The zero-order valence-electron chi connectivity index (χ0n) is 12.7. The lowest BCUT2D eigenvalue weighted by atomic mass is 9.87. The van der Waals surface area contributed by atoms with Crippen molar-refractivity contribution in [1.29, 1.82) is 0 Å². The molecule has 6 heteroatoms. The van der Waals surface area contributed by atoms with Crippen molar-refractivity contribution in [3.63, 3.8) is 0 Å². The van der Waals surface area contributed by atoms with Gasteiger partial charge in [-0.15, -0.1) is 0 Å². The van der Waals surface area contributed by atoms with Gasteiger partial charge in [-0.05, 0) is 51.9 Å². The first-order valence-corrected chi connectivity index (χ1v) is 7.92. The van der Waals surface area contributed by atoms with Crippen molar-refractivity contribution in [3.8, 4) is 0 Å². The molecule has 2 N–H and O–H groups in total. The van der Waals surface area contributed by atoms with Crippen LogP contribution >= 0.6 is 0 Å². The predicted molar refractivity (Wildman–Crippen MR) is 81.0 cm³/mol. The number of hydrogen-bond acceptors (Lipinski definition) is 4. The molecule has 1 aromatic rings. The van der Waals surface area contributed by atoms with E-state index in [0.717, 1.165) is 38.5 Å². The van der Waals surface area contributed by atoms with Crippen molar-refractivity contribution in [3.05, 3.63) is 18.5 Å². The van der Waals surface area contributed by atoms with E-state index >= 15 is 0 Å². The lowest BCUT2D eigenvalue weighted by Crippen LogP contribution is -2.55. The quantitative estimate of drug-likeness (QED) is 0.784. The Kier molecular flexibility index (Phi) is 4.26. The van der Waals surface area contributed by atoms with Crippen molar-refractivity contribution in [1.82, 2.24) is 25.3 Å².